The van der Waals surface area contributed by atoms with Crippen molar-refractivity contribution in [3.05, 3.63) is 53.5 Å². The number of rotatable bonds is 3. The van der Waals surface area contributed by atoms with Gasteiger partial charge in [-0.25, -0.2) is 0 Å². The molecule has 5 rings (SSSR count). The fraction of sp³-hybridized carbons (Fsp3) is 0.211. The maximum absolute atomic E-state index is 12.5. The van der Waals surface area contributed by atoms with Gasteiger partial charge in [-0.1, -0.05) is 6.07 Å². The van der Waals surface area contributed by atoms with Crippen LogP contribution in [0.15, 0.2) is 36.7 Å². The minimum absolute atomic E-state index is 0.0299. The van der Waals surface area contributed by atoms with E-state index in [4.69, 9.17) is 4.74 Å². The van der Waals surface area contributed by atoms with E-state index in [0.717, 1.165) is 16.8 Å². The third kappa shape index (κ3) is 2.68. The minimum atomic E-state index is -0.247. The molecule has 29 heavy (non-hydrogen) atoms. The molecule has 1 unspecified atom stereocenters. The lowest BCUT2D eigenvalue weighted by Crippen LogP contribution is -2.25. The quantitative estimate of drug-likeness (QED) is 0.546. The van der Waals surface area contributed by atoms with Crippen LogP contribution in [-0.2, 0) is 4.79 Å². The van der Waals surface area contributed by atoms with E-state index >= 15 is 0 Å². The Bertz CT molecular complexity index is 1260. The molecule has 0 saturated heterocycles. The van der Waals surface area contributed by atoms with Crippen molar-refractivity contribution in [2.45, 2.75) is 19.3 Å². The molecule has 0 aliphatic carbocycles. The lowest BCUT2D eigenvalue weighted by molar-refractivity contribution is -0.116. The van der Waals surface area contributed by atoms with E-state index in [1.54, 1.807) is 33.5 Å². The molecule has 1 atom stereocenters. The third-order valence-electron chi connectivity index (χ3n) is 5.07. The van der Waals surface area contributed by atoms with Gasteiger partial charge in [0.25, 0.3) is 0 Å². The first kappa shape index (κ1) is 17.2. The van der Waals surface area contributed by atoms with Crippen molar-refractivity contribution >= 4 is 17.4 Å². The standard InChI is InChI=1S/C19H17N7O3/c1-10-18-12(11-3-4-14(29-2)13(27)7-11)8-17(28)21-19(18)26(23-10)16-6-5-15-22-20-9-25(15)24-16/h3-7,9,12,27H,8H2,1-2H3,(H,21,28). The molecule has 1 aromatic carbocycles. The topological polar surface area (TPSA) is 119 Å². The average Bonchev–Trinajstić information content (AvgIpc) is 3.31. The number of hydrogen-bond donors (Lipinski definition) is 2. The van der Waals surface area contributed by atoms with Crippen molar-refractivity contribution in [2.75, 3.05) is 12.4 Å². The van der Waals surface area contributed by atoms with E-state index in [1.165, 1.54) is 13.4 Å². The first-order chi connectivity index (χ1) is 14.0. The highest BCUT2D eigenvalue weighted by Gasteiger charge is 2.33. The number of hydrogen-bond acceptors (Lipinski definition) is 7. The zero-order chi connectivity index (χ0) is 20.1. The molecule has 0 saturated carbocycles. The van der Waals surface area contributed by atoms with E-state index in [9.17, 15) is 9.90 Å². The Morgan fingerprint density at radius 1 is 1.24 bits per heavy atom. The number of ether oxygens (including phenoxy) is 1. The van der Waals surface area contributed by atoms with Gasteiger partial charge in [-0.3, -0.25) is 4.79 Å². The van der Waals surface area contributed by atoms with Gasteiger partial charge in [0, 0.05) is 17.9 Å². The summed E-state index contributed by atoms with van der Waals surface area (Å²) in [5, 5.41) is 30.0. The van der Waals surface area contributed by atoms with E-state index in [1.807, 2.05) is 13.0 Å². The third-order valence-corrected chi connectivity index (χ3v) is 5.07. The number of nitrogens with one attached hydrogen (secondary N) is 1. The van der Waals surface area contributed by atoms with Crippen LogP contribution >= 0.6 is 0 Å². The van der Waals surface area contributed by atoms with Gasteiger partial charge in [0.05, 0.1) is 12.8 Å². The van der Waals surface area contributed by atoms with Gasteiger partial charge in [0.15, 0.2) is 23.0 Å². The molecule has 1 amide bonds. The molecule has 2 N–H and O–H groups in total. The van der Waals surface area contributed by atoms with Crippen molar-refractivity contribution in [2.24, 2.45) is 0 Å². The summed E-state index contributed by atoms with van der Waals surface area (Å²) in [6, 6.07) is 8.72. The molecule has 1 aliphatic heterocycles. The molecule has 4 aromatic rings. The Morgan fingerprint density at radius 3 is 2.90 bits per heavy atom. The number of anilines is 1. The van der Waals surface area contributed by atoms with Crippen molar-refractivity contribution in [1.29, 1.82) is 0 Å². The second kappa shape index (κ2) is 6.30. The van der Waals surface area contributed by atoms with E-state index in [2.05, 4.69) is 25.7 Å². The molecule has 4 heterocycles. The van der Waals surface area contributed by atoms with E-state index in [-0.39, 0.29) is 24.0 Å². The summed E-state index contributed by atoms with van der Waals surface area (Å²) in [6.45, 7) is 1.89. The fourth-order valence-corrected chi connectivity index (χ4v) is 3.75. The summed E-state index contributed by atoms with van der Waals surface area (Å²) < 4.78 is 8.28. The molecule has 0 spiro atoms. The number of amides is 1. The number of fused-ring (bicyclic) bond motifs is 2. The predicted molar refractivity (Wildman–Crippen MR) is 102 cm³/mol. The zero-order valence-electron chi connectivity index (χ0n) is 15.7. The van der Waals surface area contributed by atoms with Gasteiger partial charge in [-0.2, -0.15) is 14.3 Å². The number of aromatic nitrogens is 6. The number of phenols is 1. The Kier molecular flexibility index (Phi) is 3.73. The fourth-order valence-electron chi connectivity index (χ4n) is 3.75. The summed E-state index contributed by atoms with van der Waals surface area (Å²) in [5.41, 5.74) is 3.08. The normalized spacial score (nSPS) is 15.9. The molecule has 0 fully saturated rings. The van der Waals surface area contributed by atoms with Crippen LogP contribution in [0.25, 0.3) is 11.5 Å². The number of nitrogens with zero attached hydrogens (tertiary/aromatic N) is 6. The lowest BCUT2D eigenvalue weighted by Gasteiger charge is -2.24. The second-order valence-corrected chi connectivity index (χ2v) is 6.82. The number of benzene rings is 1. The molecule has 10 heteroatoms. The summed E-state index contributed by atoms with van der Waals surface area (Å²) in [6.07, 6.45) is 1.76. The van der Waals surface area contributed by atoms with Crippen LogP contribution in [0.5, 0.6) is 11.5 Å². The summed E-state index contributed by atoms with van der Waals surface area (Å²) in [4.78, 5) is 12.5. The number of carbonyl (C=O) groups excluding carboxylic acids is 1. The molecule has 0 radical (unpaired) electrons. The van der Waals surface area contributed by atoms with Gasteiger partial charge < -0.3 is 15.2 Å². The Hall–Kier alpha value is -3.95. The van der Waals surface area contributed by atoms with Gasteiger partial charge in [0.1, 0.15) is 12.1 Å². The van der Waals surface area contributed by atoms with Gasteiger partial charge in [0.2, 0.25) is 5.91 Å². The first-order valence-electron chi connectivity index (χ1n) is 8.99. The molecule has 10 nitrogen and oxygen atoms in total. The number of methoxy groups -OCH3 is 1. The average molecular weight is 391 g/mol. The van der Waals surface area contributed by atoms with Crippen molar-refractivity contribution in [1.82, 2.24) is 29.6 Å². The molecule has 3 aromatic heterocycles. The largest absolute Gasteiger partial charge is 0.504 e. The Morgan fingerprint density at radius 2 is 2.10 bits per heavy atom. The molecule has 1 aliphatic rings. The second-order valence-electron chi connectivity index (χ2n) is 6.82. The van der Waals surface area contributed by atoms with E-state index < -0.39 is 0 Å². The van der Waals surface area contributed by atoms with E-state index in [0.29, 0.717) is 23.0 Å². The Labute approximate surface area is 164 Å². The van der Waals surface area contributed by atoms with Crippen LogP contribution in [0.4, 0.5) is 5.82 Å². The SMILES string of the molecule is COc1ccc(C2CC(=O)Nc3c2c(C)nn3-c2ccc3nncn3n2)cc1O. The van der Waals surface area contributed by atoms with Crippen LogP contribution in [-0.4, -0.2) is 47.7 Å². The number of carbonyl (C=O) groups is 1. The maximum atomic E-state index is 12.5. The summed E-state index contributed by atoms with van der Waals surface area (Å²) in [7, 11) is 1.49. The molecule has 0 bridgehead atoms. The van der Waals surface area contributed by atoms with Crippen molar-refractivity contribution in [3.8, 4) is 17.3 Å². The molecule has 146 valence electrons. The number of phenolic OH excluding ortho intramolecular Hbond substituents is 1. The molecular formula is C19H17N7O3. The lowest BCUT2D eigenvalue weighted by atomic mass is 9.85. The van der Waals surface area contributed by atoms with Gasteiger partial charge in [-0.05, 0) is 36.8 Å². The Balaban J connectivity index is 1.65. The molecular weight excluding hydrogens is 374 g/mol. The van der Waals surface area contributed by atoms with Crippen LogP contribution in [0, 0.1) is 6.92 Å². The maximum Gasteiger partial charge on any atom is 0.226 e. The highest BCUT2D eigenvalue weighted by Crippen LogP contribution is 2.42. The van der Waals surface area contributed by atoms with Crippen molar-refractivity contribution < 1.29 is 14.6 Å². The highest BCUT2D eigenvalue weighted by atomic mass is 16.5. The number of aromatic hydroxyl groups is 1. The highest BCUT2D eigenvalue weighted by molar-refractivity contribution is 5.95. The van der Waals surface area contributed by atoms with Gasteiger partial charge >= 0.3 is 0 Å². The minimum Gasteiger partial charge on any atom is -0.504 e. The summed E-state index contributed by atoms with van der Waals surface area (Å²) >= 11 is 0. The first-order valence-corrected chi connectivity index (χ1v) is 8.99. The predicted octanol–water partition coefficient (Wildman–Crippen LogP) is 1.81. The smallest absolute Gasteiger partial charge is 0.226 e. The zero-order valence-corrected chi connectivity index (χ0v) is 15.7. The van der Waals surface area contributed by atoms with Crippen LogP contribution in [0.3, 0.4) is 0 Å². The monoisotopic (exact) mass is 391 g/mol. The van der Waals surface area contributed by atoms with Crippen LogP contribution < -0.4 is 10.1 Å². The van der Waals surface area contributed by atoms with Gasteiger partial charge in [-0.15, -0.1) is 15.3 Å². The summed E-state index contributed by atoms with van der Waals surface area (Å²) in [5.74, 6) is 1.13. The number of aryl methyl sites for hydroxylation is 1. The van der Waals surface area contributed by atoms with Crippen LogP contribution in [0.2, 0.25) is 0 Å². The van der Waals surface area contributed by atoms with Crippen LogP contribution in [0.1, 0.15) is 29.2 Å². The van der Waals surface area contributed by atoms with Crippen molar-refractivity contribution in [3.63, 3.8) is 0 Å².